The maximum absolute atomic E-state index is 5.42. The van der Waals surface area contributed by atoms with E-state index < -0.39 is 0 Å². The second kappa shape index (κ2) is 6.67. The molecule has 0 amide bonds. The van der Waals surface area contributed by atoms with Crippen molar-refractivity contribution in [3.63, 3.8) is 0 Å². The average molecular weight is 294 g/mol. The SMILES string of the molecule is COc1ccccc1CN(C)CCc1c[nH]c2ccccc12. The minimum atomic E-state index is 0.895. The molecule has 3 rings (SSSR count). The van der Waals surface area contributed by atoms with E-state index in [4.69, 9.17) is 4.74 Å². The Morgan fingerprint density at radius 3 is 2.64 bits per heavy atom. The first-order chi connectivity index (χ1) is 10.8. The largest absolute Gasteiger partial charge is 0.496 e. The summed E-state index contributed by atoms with van der Waals surface area (Å²) in [5.41, 5.74) is 3.82. The number of nitrogens with zero attached hydrogens (tertiary/aromatic N) is 1. The third kappa shape index (κ3) is 3.15. The fourth-order valence-corrected chi connectivity index (χ4v) is 2.85. The number of nitrogens with one attached hydrogen (secondary N) is 1. The van der Waals surface area contributed by atoms with Crippen LogP contribution in [0.3, 0.4) is 0 Å². The molecule has 0 aliphatic carbocycles. The summed E-state index contributed by atoms with van der Waals surface area (Å²) in [6.07, 6.45) is 3.16. The number of hydrogen-bond donors (Lipinski definition) is 1. The molecule has 3 heteroatoms. The lowest BCUT2D eigenvalue weighted by atomic mass is 10.1. The molecule has 0 saturated carbocycles. The Labute approximate surface area is 131 Å². The van der Waals surface area contributed by atoms with Crippen LogP contribution in [-0.4, -0.2) is 30.6 Å². The van der Waals surface area contributed by atoms with E-state index in [1.54, 1.807) is 7.11 Å². The molecule has 0 saturated heterocycles. The monoisotopic (exact) mass is 294 g/mol. The Morgan fingerprint density at radius 1 is 1.00 bits per heavy atom. The molecule has 0 aliphatic heterocycles. The van der Waals surface area contributed by atoms with Gasteiger partial charge in [0.25, 0.3) is 0 Å². The van der Waals surface area contributed by atoms with Gasteiger partial charge in [0.1, 0.15) is 5.75 Å². The van der Waals surface area contributed by atoms with Crippen molar-refractivity contribution in [3.05, 3.63) is 65.9 Å². The van der Waals surface area contributed by atoms with E-state index in [2.05, 4.69) is 59.5 Å². The van der Waals surface area contributed by atoms with Gasteiger partial charge in [0.2, 0.25) is 0 Å². The number of H-pyrrole nitrogens is 1. The minimum Gasteiger partial charge on any atom is -0.496 e. The van der Waals surface area contributed by atoms with Crippen LogP contribution in [0.15, 0.2) is 54.7 Å². The number of para-hydroxylation sites is 2. The summed E-state index contributed by atoms with van der Waals surface area (Å²) in [6, 6.07) is 16.7. The van der Waals surface area contributed by atoms with Gasteiger partial charge in [0, 0.05) is 35.8 Å². The number of methoxy groups -OCH3 is 1. The number of hydrogen-bond acceptors (Lipinski definition) is 2. The molecule has 0 bridgehead atoms. The van der Waals surface area contributed by atoms with Gasteiger partial charge in [-0.05, 0) is 31.2 Å². The molecule has 0 radical (unpaired) electrons. The van der Waals surface area contributed by atoms with E-state index >= 15 is 0 Å². The van der Waals surface area contributed by atoms with Crippen LogP contribution in [0, 0.1) is 0 Å². The van der Waals surface area contributed by atoms with Gasteiger partial charge in [0.05, 0.1) is 7.11 Å². The van der Waals surface area contributed by atoms with Crippen molar-refractivity contribution in [1.82, 2.24) is 9.88 Å². The zero-order chi connectivity index (χ0) is 15.4. The number of benzene rings is 2. The van der Waals surface area contributed by atoms with Gasteiger partial charge in [-0.2, -0.15) is 0 Å². The molecule has 1 N–H and O–H groups in total. The first kappa shape index (κ1) is 14.7. The third-order valence-electron chi connectivity index (χ3n) is 4.07. The van der Waals surface area contributed by atoms with Crippen LogP contribution in [0.2, 0.25) is 0 Å². The van der Waals surface area contributed by atoms with Crippen LogP contribution in [0.1, 0.15) is 11.1 Å². The number of aromatic nitrogens is 1. The highest BCUT2D eigenvalue weighted by Gasteiger charge is 2.08. The normalized spacial score (nSPS) is 11.2. The van der Waals surface area contributed by atoms with Crippen molar-refractivity contribution in [1.29, 1.82) is 0 Å². The van der Waals surface area contributed by atoms with Crippen molar-refractivity contribution >= 4 is 10.9 Å². The van der Waals surface area contributed by atoms with Gasteiger partial charge in [-0.3, -0.25) is 0 Å². The molecule has 0 spiro atoms. The highest BCUT2D eigenvalue weighted by atomic mass is 16.5. The molecular weight excluding hydrogens is 272 g/mol. The Kier molecular flexibility index (Phi) is 4.45. The number of rotatable bonds is 6. The fourth-order valence-electron chi connectivity index (χ4n) is 2.85. The number of fused-ring (bicyclic) bond motifs is 1. The smallest absolute Gasteiger partial charge is 0.123 e. The van der Waals surface area contributed by atoms with E-state index in [0.717, 1.165) is 25.3 Å². The molecule has 0 atom stereocenters. The minimum absolute atomic E-state index is 0.895. The second-order valence-corrected chi connectivity index (χ2v) is 5.66. The van der Waals surface area contributed by atoms with Crippen molar-refractivity contribution in [3.8, 4) is 5.75 Å². The van der Waals surface area contributed by atoms with Gasteiger partial charge in [-0.15, -0.1) is 0 Å². The zero-order valence-corrected chi connectivity index (χ0v) is 13.2. The van der Waals surface area contributed by atoms with Crippen LogP contribution in [0.25, 0.3) is 10.9 Å². The van der Waals surface area contributed by atoms with E-state index in [-0.39, 0.29) is 0 Å². The van der Waals surface area contributed by atoms with E-state index in [9.17, 15) is 0 Å². The van der Waals surface area contributed by atoms with Gasteiger partial charge >= 0.3 is 0 Å². The van der Waals surface area contributed by atoms with Crippen molar-refractivity contribution < 1.29 is 4.74 Å². The summed E-state index contributed by atoms with van der Waals surface area (Å²) in [6.45, 7) is 1.91. The highest BCUT2D eigenvalue weighted by Crippen LogP contribution is 2.20. The first-order valence-corrected chi connectivity index (χ1v) is 7.63. The average Bonchev–Trinajstić information content (AvgIpc) is 2.97. The summed E-state index contributed by atoms with van der Waals surface area (Å²) in [4.78, 5) is 5.67. The van der Waals surface area contributed by atoms with Crippen LogP contribution in [-0.2, 0) is 13.0 Å². The lowest BCUT2D eigenvalue weighted by Crippen LogP contribution is -2.21. The van der Waals surface area contributed by atoms with Gasteiger partial charge in [-0.1, -0.05) is 36.4 Å². The van der Waals surface area contributed by atoms with Crippen LogP contribution >= 0.6 is 0 Å². The first-order valence-electron chi connectivity index (χ1n) is 7.63. The third-order valence-corrected chi connectivity index (χ3v) is 4.07. The Hall–Kier alpha value is -2.26. The summed E-state index contributed by atoms with van der Waals surface area (Å²) < 4.78 is 5.42. The van der Waals surface area contributed by atoms with Gasteiger partial charge in [0.15, 0.2) is 0 Å². The number of ether oxygens (including phenoxy) is 1. The van der Waals surface area contributed by atoms with Gasteiger partial charge < -0.3 is 14.6 Å². The van der Waals surface area contributed by atoms with Crippen LogP contribution < -0.4 is 4.74 Å². The standard InChI is InChI=1S/C19H22N2O/c1-21(14-16-7-3-6-10-19(16)22-2)12-11-15-13-20-18-9-5-4-8-17(15)18/h3-10,13,20H,11-12,14H2,1-2H3. The summed E-state index contributed by atoms with van der Waals surface area (Å²) in [5, 5.41) is 1.33. The fraction of sp³-hybridized carbons (Fsp3) is 0.263. The topological polar surface area (TPSA) is 28.3 Å². The Morgan fingerprint density at radius 2 is 1.77 bits per heavy atom. The van der Waals surface area contributed by atoms with E-state index in [1.807, 2.05) is 12.1 Å². The summed E-state index contributed by atoms with van der Waals surface area (Å²) in [5.74, 6) is 0.960. The zero-order valence-electron chi connectivity index (χ0n) is 13.2. The lowest BCUT2D eigenvalue weighted by Gasteiger charge is -2.18. The molecule has 3 aromatic rings. The predicted octanol–water partition coefficient (Wildman–Crippen LogP) is 3.85. The van der Waals surface area contributed by atoms with E-state index in [0.29, 0.717) is 0 Å². The maximum atomic E-state index is 5.42. The molecule has 0 fully saturated rings. The van der Waals surface area contributed by atoms with E-state index in [1.165, 1.54) is 22.0 Å². The molecule has 0 aliphatic rings. The lowest BCUT2D eigenvalue weighted by molar-refractivity contribution is 0.321. The molecule has 1 aromatic heterocycles. The summed E-state index contributed by atoms with van der Waals surface area (Å²) >= 11 is 0. The molecule has 3 nitrogen and oxygen atoms in total. The Balaban J connectivity index is 1.64. The van der Waals surface area contributed by atoms with Crippen molar-refractivity contribution in [2.24, 2.45) is 0 Å². The molecule has 114 valence electrons. The summed E-state index contributed by atoms with van der Waals surface area (Å²) in [7, 11) is 3.88. The molecule has 1 heterocycles. The second-order valence-electron chi connectivity index (χ2n) is 5.66. The molecular formula is C19H22N2O. The van der Waals surface area contributed by atoms with Crippen molar-refractivity contribution in [2.45, 2.75) is 13.0 Å². The van der Waals surface area contributed by atoms with Crippen LogP contribution in [0.5, 0.6) is 5.75 Å². The quantitative estimate of drug-likeness (QED) is 0.748. The van der Waals surface area contributed by atoms with Gasteiger partial charge in [-0.25, -0.2) is 0 Å². The van der Waals surface area contributed by atoms with Crippen LogP contribution in [0.4, 0.5) is 0 Å². The Bertz CT molecular complexity index is 748. The highest BCUT2D eigenvalue weighted by molar-refractivity contribution is 5.83. The number of likely N-dealkylation sites (N-methyl/N-ethyl adjacent to an activating group) is 1. The van der Waals surface area contributed by atoms with Crippen molar-refractivity contribution in [2.75, 3.05) is 20.7 Å². The maximum Gasteiger partial charge on any atom is 0.123 e. The molecule has 22 heavy (non-hydrogen) atoms. The number of aromatic amines is 1. The predicted molar refractivity (Wildman–Crippen MR) is 91.3 cm³/mol. The molecule has 2 aromatic carbocycles. The molecule has 0 unspecified atom stereocenters.